The number of rotatable bonds is 5. The molecule has 0 radical (unpaired) electrons. The van der Waals surface area contributed by atoms with Gasteiger partial charge in [-0.3, -0.25) is 4.90 Å². The molecule has 220 valence electrons. The number of hydrogen-bond acceptors (Lipinski definition) is 6. The van der Waals surface area contributed by atoms with Gasteiger partial charge < -0.3 is 9.64 Å². The van der Waals surface area contributed by atoms with Crippen molar-refractivity contribution < 1.29 is 35.9 Å². The molecule has 3 aromatic rings. The SMILES string of the molecule is CC(C)OC(=O)N1CCC[C@H](N(Cc2cc(C(F)(F)F)cc(C(F)(F)F)c2)c2nn[nH]n2)c2cc3c(cc21)CCC3. The van der Waals surface area contributed by atoms with Crippen LogP contribution in [0.3, 0.4) is 0 Å². The second-order valence-corrected chi connectivity index (χ2v) is 10.5. The minimum Gasteiger partial charge on any atom is -0.446 e. The molecule has 8 nitrogen and oxygen atoms in total. The van der Waals surface area contributed by atoms with Crippen molar-refractivity contribution in [2.45, 2.75) is 77.0 Å². The standard InChI is InChI=1S/C27H28F6N6O2/c1-15(2)41-25(40)38-8-4-7-22(21-11-17-5-3-6-18(17)12-23(21)38)39(24-34-36-37-35-24)14-16-9-19(26(28,29)30)13-20(10-16)27(31,32)33/h9-13,15,22H,3-8,14H2,1-2H3,(H,34,35,36,37)/t22-/m0/s1. The summed E-state index contributed by atoms with van der Waals surface area (Å²) in [6.45, 7) is 3.43. The van der Waals surface area contributed by atoms with Crippen molar-refractivity contribution in [3.63, 3.8) is 0 Å². The van der Waals surface area contributed by atoms with Gasteiger partial charge in [-0.2, -0.15) is 31.6 Å². The number of benzene rings is 2. The first-order chi connectivity index (χ1) is 19.3. The number of aromatic amines is 1. The maximum absolute atomic E-state index is 13.6. The average Bonchev–Trinajstić information content (AvgIpc) is 3.54. The number of aryl methyl sites for hydroxylation is 2. The maximum Gasteiger partial charge on any atom is 0.416 e. The Morgan fingerprint density at radius 2 is 1.68 bits per heavy atom. The molecular formula is C27H28F6N6O2. The Kier molecular flexibility index (Phi) is 7.60. The number of carbonyl (C=O) groups excluding carboxylic acids is 1. The van der Waals surface area contributed by atoms with Gasteiger partial charge in [-0.1, -0.05) is 11.2 Å². The van der Waals surface area contributed by atoms with E-state index in [4.69, 9.17) is 4.74 Å². The van der Waals surface area contributed by atoms with Gasteiger partial charge >= 0.3 is 18.4 Å². The Bertz CT molecular complexity index is 1370. The van der Waals surface area contributed by atoms with Gasteiger partial charge in [0.2, 0.25) is 0 Å². The Morgan fingerprint density at radius 1 is 1.02 bits per heavy atom. The lowest BCUT2D eigenvalue weighted by Crippen LogP contribution is -2.34. The third-order valence-electron chi connectivity index (χ3n) is 7.27. The first kappa shape index (κ1) is 28.7. The van der Waals surface area contributed by atoms with Crippen molar-refractivity contribution in [2.24, 2.45) is 0 Å². The van der Waals surface area contributed by atoms with Crippen LogP contribution in [0.1, 0.15) is 72.5 Å². The summed E-state index contributed by atoms with van der Waals surface area (Å²) in [4.78, 5) is 16.2. The zero-order valence-corrected chi connectivity index (χ0v) is 22.3. The van der Waals surface area contributed by atoms with E-state index in [1.807, 2.05) is 12.1 Å². The molecule has 1 aliphatic carbocycles. The van der Waals surface area contributed by atoms with Crippen LogP contribution in [-0.4, -0.2) is 39.4 Å². The largest absolute Gasteiger partial charge is 0.446 e. The zero-order valence-electron chi connectivity index (χ0n) is 22.3. The third kappa shape index (κ3) is 6.10. The monoisotopic (exact) mass is 582 g/mol. The number of nitrogens with one attached hydrogen (secondary N) is 1. The number of fused-ring (bicyclic) bond motifs is 2. The number of carbonyl (C=O) groups is 1. The fourth-order valence-electron chi connectivity index (χ4n) is 5.53. The number of alkyl halides is 6. The summed E-state index contributed by atoms with van der Waals surface area (Å²) >= 11 is 0. The van der Waals surface area contributed by atoms with Crippen LogP contribution in [0.25, 0.3) is 0 Å². The van der Waals surface area contributed by atoms with E-state index in [2.05, 4.69) is 20.6 Å². The number of hydrogen-bond donors (Lipinski definition) is 1. The van der Waals surface area contributed by atoms with Gasteiger partial charge in [0.1, 0.15) is 0 Å². The van der Waals surface area contributed by atoms with Crippen molar-refractivity contribution in [2.75, 3.05) is 16.3 Å². The number of H-pyrrole nitrogens is 1. The van der Waals surface area contributed by atoms with Crippen molar-refractivity contribution in [3.05, 3.63) is 63.7 Å². The average molecular weight is 583 g/mol. The number of halogens is 6. The molecule has 2 aromatic carbocycles. The Morgan fingerprint density at radius 3 is 2.27 bits per heavy atom. The molecule has 0 spiro atoms. The maximum atomic E-state index is 13.6. The van der Waals surface area contributed by atoms with Crippen LogP contribution in [0.5, 0.6) is 0 Å². The fourth-order valence-corrected chi connectivity index (χ4v) is 5.53. The van der Waals surface area contributed by atoms with Crippen LogP contribution in [-0.2, 0) is 36.5 Å². The van der Waals surface area contributed by atoms with Crippen LogP contribution >= 0.6 is 0 Å². The topological polar surface area (TPSA) is 87.2 Å². The second kappa shape index (κ2) is 10.9. The molecule has 41 heavy (non-hydrogen) atoms. The van der Waals surface area contributed by atoms with Gasteiger partial charge in [0.05, 0.1) is 29.0 Å². The molecule has 14 heteroatoms. The molecule has 0 saturated carbocycles. The van der Waals surface area contributed by atoms with Crippen LogP contribution in [0, 0.1) is 0 Å². The van der Waals surface area contributed by atoms with E-state index in [0.717, 1.165) is 30.4 Å². The number of aromatic nitrogens is 4. The van der Waals surface area contributed by atoms with E-state index < -0.39 is 35.6 Å². The van der Waals surface area contributed by atoms with Crippen LogP contribution in [0.2, 0.25) is 0 Å². The summed E-state index contributed by atoms with van der Waals surface area (Å²) in [5, 5.41) is 14.0. The second-order valence-electron chi connectivity index (χ2n) is 10.5. The summed E-state index contributed by atoms with van der Waals surface area (Å²) in [5.41, 5.74) is 0.419. The number of tetrazole rings is 1. The number of nitrogens with zero attached hydrogens (tertiary/aromatic N) is 5. The molecule has 1 aromatic heterocycles. The molecule has 0 bridgehead atoms. The smallest absolute Gasteiger partial charge is 0.416 e. The van der Waals surface area contributed by atoms with Crippen LogP contribution < -0.4 is 9.80 Å². The minimum atomic E-state index is -4.99. The predicted molar refractivity (Wildman–Crippen MR) is 136 cm³/mol. The summed E-state index contributed by atoms with van der Waals surface area (Å²) in [7, 11) is 0. The number of amides is 1. The lowest BCUT2D eigenvalue weighted by atomic mass is 9.95. The van der Waals surface area contributed by atoms with Crippen molar-refractivity contribution in [1.82, 2.24) is 20.6 Å². The van der Waals surface area contributed by atoms with Crippen LogP contribution in [0.15, 0.2) is 30.3 Å². The molecular weight excluding hydrogens is 554 g/mol. The van der Waals surface area contributed by atoms with E-state index in [1.54, 1.807) is 18.7 Å². The minimum absolute atomic E-state index is 0.00521. The molecule has 1 amide bonds. The molecule has 1 aliphatic heterocycles. The van der Waals surface area contributed by atoms with E-state index >= 15 is 0 Å². The van der Waals surface area contributed by atoms with E-state index in [9.17, 15) is 31.1 Å². The van der Waals surface area contributed by atoms with Gasteiger partial charge in [0.15, 0.2) is 0 Å². The molecule has 0 saturated heterocycles. The van der Waals surface area contributed by atoms with E-state index in [1.165, 1.54) is 4.90 Å². The first-order valence-corrected chi connectivity index (χ1v) is 13.2. The Labute approximate surface area is 231 Å². The summed E-state index contributed by atoms with van der Waals surface area (Å²) < 4.78 is 87.2. The van der Waals surface area contributed by atoms with Crippen molar-refractivity contribution >= 4 is 17.7 Å². The number of anilines is 2. The molecule has 2 heterocycles. The van der Waals surface area contributed by atoms with Gasteiger partial charge in [-0.15, -0.1) is 5.10 Å². The predicted octanol–water partition coefficient (Wildman–Crippen LogP) is 6.62. The van der Waals surface area contributed by atoms with Crippen molar-refractivity contribution in [1.29, 1.82) is 0 Å². The molecule has 0 unspecified atom stereocenters. The molecule has 1 atom stereocenters. The molecule has 5 rings (SSSR count). The highest BCUT2D eigenvalue weighted by atomic mass is 19.4. The van der Waals surface area contributed by atoms with Gasteiger partial charge in [0.25, 0.3) is 5.95 Å². The zero-order chi connectivity index (χ0) is 29.5. The van der Waals surface area contributed by atoms with Crippen LogP contribution in [0.4, 0.5) is 42.8 Å². The first-order valence-electron chi connectivity index (χ1n) is 13.2. The summed E-state index contributed by atoms with van der Waals surface area (Å²) in [5.74, 6) is 0.00521. The highest BCUT2D eigenvalue weighted by molar-refractivity contribution is 5.89. The van der Waals surface area contributed by atoms with Gasteiger partial charge in [0, 0.05) is 13.1 Å². The van der Waals surface area contributed by atoms with Crippen molar-refractivity contribution in [3.8, 4) is 0 Å². The third-order valence-corrected chi connectivity index (χ3v) is 7.27. The lowest BCUT2D eigenvalue weighted by molar-refractivity contribution is -0.143. The van der Waals surface area contributed by atoms with E-state index in [0.29, 0.717) is 42.8 Å². The normalized spacial score (nSPS) is 17.3. The highest BCUT2D eigenvalue weighted by Crippen LogP contribution is 2.43. The lowest BCUT2D eigenvalue weighted by Gasteiger charge is -2.32. The quantitative estimate of drug-likeness (QED) is 0.341. The molecule has 0 fully saturated rings. The van der Waals surface area contributed by atoms with Gasteiger partial charge in [-0.25, -0.2) is 4.79 Å². The Balaban J connectivity index is 1.62. The van der Waals surface area contributed by atoms with E-state index in [-0.39, 0.29) is 30.2 Å². The molecule has 2 aliphatic rings. The fraction of sp³-hybridized carbons (Fsp3) is 0.481. The Hall–Kier alpha value is -3.84. The summed E-state index contributed by atoms with van der Waals surface area (Å²) in [6.07, 6.45) is -7.40. The summed E-state index contributed by atoms with van der Waals surface area (Å²) in [6, 6.07) is 4.84. The number of ether oxygens (including phenoxy) is 1. The highest BCUT2D eigenvalue weighted by Gasteiger charge is 2.38. The molecule has 1 N–H and O–H groups in total. The van der Waals surface area contributed by atoms with Gasteiger partial charge in [-0.05, 0) is 97.7 Å².